The van der Waals surface area contributed by atoms with E-state index in [2.05, 4.69) is 0 Å². The molecule has 0 bridgehead atoms. The van der Waals surface area contributed by atoms with Gasteiger partial charge in [-0.1, -0.05) is 19.1 Å². The summed E-state index contributed by atoms with van der Waals surface area (Å²) in [6.07, 6.45) is -4.33. The topological polar surface area (TPSA) is 73.3 Å². The summed E-state index contributed by atoms with van der Waals surface area (Å²) in [6.45, 7) is 7.16. The Bertz CT molecular complexity index is 1230. The Labute approximate surface area is 194 Å². The van der Waals surface area contributed by atoms with Gasteiger partial charge in [0.25, 0.3) is 5.76 Å². The molecule has 1 aliphatic heterocycles. The number of hydrogen-bond donors (Lipinski definition) is 2. The zero-order chi connectivity index (χ0) is 24.6. The number of fused-ring (bicyclic) bond motifs is 1. The molecule has 1 aliphatic rings. The fourth-order valence-electron chi connectivity index (χ4n) is 4.43. The summed E-state index contributed by atoms with van der Waals surface area (Å²) < 4.78 is 58.4. The van der Waals surface area contributed by atoms with Crippen LogP contribution in [-0.4, -0.2) is 30.4 Å². The average Bonchev–Trinajstić information content (AvgIpc) is 2.76. The van der Waals surface area contributed by atoms with E-state index in [-0.39, 0.29) is 46.8 Å². The summed E-state index contributed by atoms with van der Waals surface area (Å²) in [7, 11) is 0. The van der Waals surface area contributed by atoms with Crippen molar-refractivity contribution in [3.8, 4) is 17.2 Å². The zero-order valence-electron chi connectivity index (χ0n) is 19.2. The van der Waals surface area contributed by atoms with E-state index in [1.165, 1.54) is 24.3 Å². The molecule has 6 nitrogen and oxygen atoms in total. The molecule has 9 heteroatoms. The number of aryl methyl sites for hydroxylation is 1. The van der Waals surface area contributed by atoms with Gasteiger partial charge in [-0.15, -0.1) is 0 Å². The fourth-order valence-corrected chi connectivity index (χ4v) is 4.43. The van der Waals surface area contributed by atoms with Crippen LogP contribution in [0.4, 0.5) is 13.2 Å². The van der Waals surface area contributed by atoms with Gasteiger partial charge in [-0.3, -0.25) is 4.79 Å². The quantitative estimate of drug-likeness (QED) is 0.579. The van der Waals surface area contributed by atoms with Crippen LogP contribution in [0, 0.1) is 0 Å². The van der Waals surface area contributed by atoms with Gasteiger partial charge in [0.1, 0.15) is 43.3 Å². The van der Waals surface area contributed by atoms with Gasteiger partial charge in [0.2, 0.25) is 11.2 Å². The molecule has 0 aliphatic carbocycles. The molecule has 3 aromatic rings. The summed E-state index contributed by atoms with van der Waals surface area (Å²) in [5.41, 5.74) is -0.114. The van der Waals surface area contributed by atoms with Gasteiger partial charge in [0.15, 0.2) is 5.58 Å². The molecule has 1 aromatic heterocycles. The standard InChI is InChI=1S/C25H26F3NO5/c1-4-16-5-7-17(8-6-16)33-23-21(31)18-9-10-20(30)19(22(18)34-24(23)25(26,27)28)13-29-11-14(2)32-15(3)12-29/h5-10,14-15,30H,4,11-13H2,1-3H3/p+1/t14-,15-/m1/s1. The summed E-state index contributed by atoms with van der Waals surface area (Å²) >= 11 is 0. The Balaban J connectivity index is 1.82. The number of alkyl halides is 3. The van der Waals surface area contributed by atoms with Gasteiger partial charge >= 0.3 is 6.18 Å². The van der Waals surface area contributed by atoms with E-state index in [0.717, 1.165) is 16.9 Å². The van der Waals surface area contributed by atoms with Crippen molar-refractivity contribution >= 4 is 11.0 Å². The number of morpholine rings is 1. The molecule has 0 spiro atoms. The second-order valence-corrected chi connectivity index (χ2v) is 8.72. The van der Waals surface area contributed by atoms with Gasteiger partial charge in [0, 0.05) is 0 Å². The number of hydrogen-bond acceptors (Lipinski definition) is 5. The highest BCUT2D eigenvalue weighted by Crippen LogP contribution is 2.39. The first-order valence-electron chi connectivity index (χ1n) is 11.2. The van der Waals surface area contributed by atoms with E-state index in [4.69, 9.17) is 13.9 Å². The third-order valence-electron chi connectivity index (χ3n) is 5.95. The highest BCUT2D eigenvalue weighted by Gasteiger charge is 2.41. The van der Waals surface area contributed by atoms with Crippen LogP contribution in [0.1, 0.15) is 37.7 Å². The highest BCUT2D eigenvalue weighted by atomic mass is 19.4. The number of phenols is 1. The van der Waals surface area contributed by atoms with Gasteiger partial charge in [0.05, 0.1) is 10.9 Å². The SMILES string of the molecule is CCc1ccc(Oc2c(C(F)(F)F)oc3c(C[NH+]4C[C@@H](C)O[C@H](C)C4)c(O)ccc3c2=O)cc1. The summed E-state index contributed by atoms with van der Waals surface area (Å²) in [4.78, 5) is 14.2. The number of rotatable bonds is 5. The van der Waals surface area contributed by atoms with Crippen molar-refractivity contribution in [2.24, 2.45) is 0 Å². The summed E-state index contributed by atoms with van der Waals surface area (Å²) in [5.74, 6) is -2.60. The predicted molar refractivity (Wildman–Crippen MR) is 119 cm³/mol. The maximum Gasteiger partial charge on any atom is 0.453 e. The molecular formula is C25H27F3NO5+. The molecule has 182 valence electrons. The Morgan fingerprint density at radius 3 is 2.32 bits per heavy atom. The smallest absolute Gasteiger partial charge is 0.453 e. The zero-order valence-corrected chi connectivity index (χ0v) is 19.2. The first kappa shape index (κ1) is 24.1. The van der Waals surface area contributed by atoms with Gasteiger partial charge < -0.3 is 23.9 Å². The third kappa shape index (κ3) is 4.90. The molecule has 0 saturated carbocycles. The maximum absolute atomic E-state index is 14.0. The van der Waals surface area contributed by atoms with Crippen molar-refractivity contribution in [1.82, 2.24) is 0 Å². The van der Waals surface area contributed by atoms with E-state index in [0.29, 0.717) is 13.1 Å². The lowest BCUT2D eigenvalue weighted by Crippen LogP contribution is -3.14. The van der Waals surface area contributed by atoms with Crippen LogP contribution in [0.2, 0.25) is 0 Å². The number of quaternary nitrogens is 1. The van der Waals surface area contributed by atoms with Gasteiger partial charge in [-0.25, -0.2) is 0 Å². The monoisotopic (exact) mass is 478 g/mol. The summed E-state index contributed by atoms with van der Waals surface area (Å²) in [5, 5.41) is 10.4. The Hall–Kier alpha value is -3.04. The average molecular weight is 478 g/mol. The highest BCUT2D eigenvalue weighted by molar-refractivity contribution is 5.83. The molecule has 2 atom stereocenters. The molecule has 1 fully saturated rings. The van der Waals surface area contributed by atoms with E-state index in [9.17, 15) is 23.1 Å². The van der Waals surface area contributed by atoms with Gasteiger partial charge in [-0.2, -0.15) is 13.2 Å². The van der Waals surface area contributed by atoms with Crippen LogP contribution in [0.15, 0.2) is 45.6 Å². The molecule has 34 heavy (non-hydrogen) atoms. The number of aromatic hydroxyl groups is 1. The molecule has 2 aromatic carbocycles. The second-order valence-electron chi connectivity index (χ2n) is 8.72. The van der Waals surface area contributed by atoms with Crippen LogP contribution >= 0.6 is 0 Å². The number of nitrogens with one attached hydrogen (secondary N) is 1. The van der Waals surface area contributed by atoms with E-state index < -0.39 is 23.1 Å². The van der Waals surface area contributed by atoms with E-state index in [1.54, 1.807) is 12.1 Å². The van der Waals surface area contributed by atoms with Crippen molar-refractivity contribution in [2.75, 3.05) is 13.1 Å². The molecule has 0 amide bonds. The predicted octanol–water partition coefficient (Wildman–Crippen LogP) is 4.06. The minimum absolute atomic E-state index is 0.0484. The lowest BCUT2D eigenvalue weighted by atomic mass is 10.1. The summed E-state index contributed by atoms with van der Waals surface area (Å²) in [6, 6.07) is 9.01. The van der Waals surface area contributed by atoms with Crippen LogP contribution in [0.25, 0.3) is 11.0 Å². The van der Waals surface area contributed by atoms with Crippen molar-refractivity contribution in [3.63, 3.8) is 0 Å². The third-order valence-corrected chi connectivity index (χ3v) is 5.95. The molecule has 0 radical (unpaired) electrons. The van der Waals surface area contributed by atoms with Crippen molar-refractivity contribution in [3.05, 3.63) is 63.5 Å². The van der Waals surface area contributed by atoms with E-state index in [1.807, 2.05) is 20.8 Å². The Kier molecular flexibility index (Phi) is 6.60. The Morgan fingerprint density at radius 2 is 1.74 bits per heavy atom. The second kappa shape index (κ2) is 9.31. The molecule has 2 N–H and O–H groups in total. The lowest BCUT2D eigenvalue weighted by molar-refractivity contribution is -0.928. The van der Waals surface area contributed by atoms with Crippen LogP contribution < -0.4 is 15.1 Å². The number of benzene rings is 2. The van der Waals surface area contributed by atoms with Crippen LogP contribution in [0.5, 0.6) is 17.2 Å². The minimum atomic E-state index is -4.98. The normalized spacial score (nSPS) is 21.1. The lowest BCUT2D eigenvalue weighted by Gasteiger charge is -2.32. The van der Waals surface area contributed by atoms with Crippen molar-refractivity contribution in [2.45, 2.75) is 52.1 Å². The molecule has 0 unspecified atom stereocenters. The first-order chi connectivity index (χ1) is 16.1. The largest absolute Gasteiger partial charge is 0.507 e. The molecule has 2 heterocycles. The van der Waals surface area contributed by atoms with Crippen molar-refractivity contribution in [1.29, 1.82) is 0 Å². The molecular weight excluding hydrogens is 451 g/mol. The van der Waals surface area contributed by atoms with Crippen LogP contribution in [0.3, 0.4) is 0 Å². The van der Waals surface area contributed by atoms with E-state index >= 15 is 0 Å². The maximum atomic E-state index is 14.0. The van der Waals surface area contributed by atoms with Crippen molar-refractivity contribution < 1.29 is 37.1 Å². The number of phenolic OH excluding ortho intramolecular Hbond substituents is 1. The van der Waals surface area contributed by atoms with Crippen LogP contribution in [-0.2, 0) is 23.9 Å². The van der Waals surface area contributed by atoms with Gasteiger partial charge in [-0.05, 0) is 50.1 Å². The minimum Gasteiger partial charge on any atom is -0.507 e. The fraction of sp³-hybridized carbons (Fsp3) is 0.400. The number of ether oxygens (including phenoxy) is 2. The molecule has 4 rings (SSSR count). The Morgan fingerprint density at radius 1 is 1.09 bits per heavy atom. The number of halogens is 3. The first-order valence-corrected chi connectivity index (χ1v) is 11.2. The molecule has 1 saturated heterocycles.